The Balaban J connectivity index is 2.18. The van der Waals surface area contributed by atoms with Gasteiger partial charge in [-0.1, -0.05) is 12.2 Å². The van der Waals surface area contributed by atoms with Crippen LogP contribution < -0.4 is 5.84 Å². The molecule has 1 aliphatic carbocycles. The predicted molar refractivity (Wildman–Crippen MR) is 66.0 cm³/mol. The maximum Gasteiger partial charge on any atom is 0.272 e. The summed E-state index contributed by atoms with van der Waals surface area (Å²) in [7, 11) is 0. The van der Waals surface area contributed by atoms with Crippen molar-refractivity contribution in [3.8, 4) is 0 Å². The third kappa shape index (κ3) is 2.58. The van der Waals surface area contributed by atoms with E-state index in [0.29, 0.717) is 11.1 Å². The molecule has 0 saturated heterocycles. The largest absolute Gasteiger partial charge is 0.289 e. The van der Waals surface area contributed by atoms with Crippen LogP contribution in [-0.4, -0.2) is 21.7 Å². The van der Waals surface area contributed by atoms with Gasteiger partial charge in [-0.15, -0.1) is 0 Å². The lowest BCUT2D eigenvalue weighted by Gasteiger charge is -2.13. The minimum atomic E-state index is -0.402. The van der Waals surface area contributed by atoms with Crippen LogP contribution in [0.4, 0.5) is 0 Å². The second kappa shape index (κ2) is 5.20. The Labute approximate surface area is 104 Å². The number of carbonyl (C=O) groups excluding carboxylic acids is 2. The van der Waals surface area contributed by atoms with E-state index < -0.39 is 5.91 Å². The number of carbonyl (C=O) groups is 2. The number of rotatable bonds is 2. The Morgan fingerprint density at radius 2 is 1.89 bits per heavy atom. The van der Waals surface area contributed by atoms with Crippen molar-refractivity contribution in [3.05, 3.63) is 66.2 Å². The minimum absolute atomic E-state index is 0.185. The summed E-state index contributed by atoms with van der Waals surface area (Å²) in [4.78, 5) is 27.2. The number of ketones is 1. The molecule has 0 saturated carbocycles. The number of amides is 1. The first kappa shape index (κ1) is 11.9. The quantitative estimate of drug-likeness (QED) is 0.362. The molecule has 1 aromatic heterocycles. The predicted octanol–water partition coefficient (Wildman–Crippen LogP) is 0.977. The van der Waals surface area contributed by atoms with E-state index in [4.69, 9.17) is 5.84 Å². The molecule has 0 atom stereocenters. The topological polar surface area (TPSA) is 76.3 Å². The summed E-state index contributed by atoms with van der Waals surface area (Å²) in [5, 5.41) is 0.895. The van der Waals surface area contributed by atoms with Gasteiger partial charge < -0.3 is 0 Å². The number of nitrogens with two attached hydrogens (primary N) is 1. The Bertz CT molecular complexity index is 559. The molecule has 1 amide bonds. The molecular weight excluding hydrogens is 230 g/mol. The zero-order valence-electron chi connectivity index (χ0n) is 9.48. The van der Waals surface area contributed by atoms with Gasteiger partial charge in [-0.3, -0.25) is 19.6 Å². The van der Waals surface area contributed by atoms with Crippen molar-refractivity contribution >= 4 is 11.7 Å². The molecule has 5 nitrogen and oxygen atoms in total. The van der Waals surface area contributed by atoms with Crippen LogP contribution >= 0.6 is 0 Å². The first-order valence-electron chi connectivity index (χ1n) is 5.27. The van der Waals surface area contributed by atoms with Crippen LogP contribution in [0.3, 0.4) is 0 Å². The normalized spacial score (nSPS) is 16.1. The van der Waals surface area contributed by atoms with E-state index in [9.17, 15) is 9.59 Å². The Hall–Kier alpha value is -2.53. The maximum atomic E-state index is 11.9. The van der Waals surface area contributed by atoms with Crippen molar-refractivity contribution in [1.82, 2.24) is 9.99 Å². The molecular formula is C13H11N3O2. The van der Waals surface area contributed by atoms with Crippen molar-refractivity contribution in [2.75, 3.05) is 0 Å². The maximum absolute atomic E-state index is 11.9. The molecule has 0 spiro atoms. The van der Waals surface area contributed by atoms with Gasteiger partial charge in [0.1, 0.15) is 0 Å². The molecule has 5 heteroatoms. The van der Waals surface area contributed by atoms with Gasteiger partial charge in [0.05, 0.1) is 0 Å². The molecule has 1 aromatic rings. The monoisotopic (exact) mass is 241 g/mol. The van der Waals surface area contributed by atoms with Gasteiger partial charge in [0.2, 0.25) is 0 Å². The second-order valence-corrected chi connectivity index (χ2v) is 3.62. The van der Waals surface area contributed by atoms with E-state index >= 15 is 0 Å². The summed E-state index contributed by atoms with van der Waals surface area (Å²) in [6, 6.07) is 3.11. The molecule has 90 valence electrons. The summed E-state index contributed by atoms with van der Waals surface area (Å²) in [6.45, 7) is 0. The van der Waals surface area contributed by atoms with Crippen LogP contribution in [0.1, 0.15) is 10.4 Å². The van der Waals surface area contributed by atoms with Crippen LogP contribution in [0.2, 0.25) is 0 Å². The zero-order chi connectivity index (χ0) is 13.0. The summed E-state index contributed by atoms with van der Waals surface area (Å²) < 4.78 is 0. The Morgan fingerprint density at radius 3 is 2.56 bits per heavy atom. The molecule has 2 N–H and O–H groups in total. The van der Waals surface area contributed by atoms with Gasteiger partial charge >= 0.3 is 0 Å². The number of hydrogen-bond acceptors (Lipinski definition) is 4. The molecule has 18 heavy (non-hydrogen) atoms. The number of hydrazine groups is 1. The van der Waals surface area contributed by atoms with Crippen molar-refractivity contribution in [2.24, 2.45) is 5.84 Å². The van der Waals surface area contributed by atoms with Crippen LogP contribution in [-0.2, 0) is 4.79 Å². The van der Waals surface area contributed by atoms with E-state index in [1.807, 2.05) is 0 Å². The fourth-order valence-electron chi connectivity index (χ4n) is 1.44. The van der Waals surface area contributed by atoms with Gasteiger partial charge in [-0.05, 0) is 24.3 Å². The van der Waals surface area contributed by atoms with Crippen molar-refractivity contribution in [1.29, 1.82) is 0 Å². The standard InChI is InChI=1S/C13H11N3O2/c14-16(9-11-3-1-2-4-12(11)17)13(18)10-5-7-15-8-6-10/h1-9H,14H2. The van der Waals surface area contributed by atoms with Crippen LogP contribution in [0, 0.1) is 0 Å². The van der Waals surface area contributed by atoms with Gasteiger partial charge in [-0.2, -0.15) is 0 Å². The molecule has 0 aliphatic heterocycles. The Morgan fingerprint density at radius 1 is 1.22 bits per heavy atom. The fourth-order valence-corrected chi connectivity index (χ4v) is 1.44. The Kier molecular flexibility index (Phi) is 3.45. The summed E-state index contributed by atoms with van der Waals surface area (Å²) in [6.07, 6.45) is 10.7. The van der Waals surface area contributed by atoms with E-state index in [1.54, 1.807) is 30.4 Å². The highest BCUT2D eigenvalue weighted by Crippen LogP contribution is 2.08. The molecule has 0 aromatic carbocycles. The highest BCUT2D eigenvalue weighted by molar-refractivity contribution is 6.07. The average Bonchev–Trinajstić information content (AvgIpc) is 2.41. The first-order valence-corrected chi connectivity index (χ1v) is 5.27. The number of hydrogen-bond donors (Lipinski definition) is 1. The summed E-state index contributed by atoms with van der Waals surface area (Å²) in [5.41, 5.74) is 0.773. The smallest absolute Gasteiger partial charge is 0.272 e. The number of aromatic nitrogens is 1. The molecule has 0 fully saturated rings. The molecule has 0 radical (unpaired) electrons. The van der Waals surface area contributed by atoms with Crippen molar-refractivity contribution < 1.29 is 9.59 Å². The summed E-state index contributed by atoms with van der Waals surface area (Å²) in [5.74, 6) is 5.03. The summed E-state index contributed by atoms with van der Waals surface area (Å²) >= 11 is 0. The third-order valence-electron chi connectivity index (χ3n) is 2.36. The average molecular weight is 241 g/mol. The molecule has 0 bridgehead atoms. The van der Waals surface area contributed by atoms with Crippen LogP contribution in [0.25, 0.3) is 0 Å². The van der Waals surface area contributed by atoms with Crippen LogP contribution in [0.15, 0.2) is 60.6 Å². The zero-order valence-corrected chi connectivity index (χ0v) is 9.48. The lowest BCUT2D eigenvalue weighted by Crippen LogP contribution is -2.33. The lowest BCUT2D eigenvalue weighted by molar-refractivity contribution is -0.111. The van der Waals surface area contributed by atoms with E-state index in [1.165, 1.54) is 24.7 Å². The SMILES string of the molecule is NN(C=C1C=CC=CC1=O)C(=O)c1ccncc1. The number of nitrogens with zero attached hydrogens (tertiary/aromatic N) is 2. The number of allylic oxidation sites excluding steroid dienone is 5. The highest BCUT2D eigenvalue weighted by atomic mass is 16.2. The second-order valence-electron chi connectivity index (χ2n) is 3.62. The van der Waals surface area contributed by atoms with Gasteiger partial charge in [0.25, 0.3) is 5.91 Å². The van der Waals surface area contributed by atoms with Crippen molar-refractivity contribution in [3.63, 3.8) is 0 Å². The third-order valence-corrected chi connectivity index (χ3v) is 2.36. The lowest BCUT2D eigenvalue weighted by atomic mass is 10.1. The van der Waals surface area contributed by atoms with E-state index in [0.717, 1.165) is 5.01 Å². The van der Waals surface area contributed by atoms with Gasteiger partial charge in [0.15, 0.2) is 5.78 Å². The minimum Gasteiger partial charge on any atom is -0.289 e. The molecule has 1 aliphatic rings. The highest BCUT2D eigenvalue weighted by Gasteiger charge is 2.13. The molecule has 2 rings (SSSR count). The first-order chi connectivity index (χ1) is 8.68. The molecule has 1 heterocycles. The van der Waals surface area contributed by atoms with Gasteiger partial charge in [-0.25, -0.2) is 5.84 Å². The van der Waals surface area contributed by atoms with E-state index in [2.05, 4.69) is 4.98 Å². The number of pyridine rings is 1. The van der Waals surface area contributed by atoms with Crippen LogP contribution in [0.5, 0.6) is 0 Å². The molecule has 0 unspecified atom stereocenters. The van der Waals surface area contributed by atoms with Gasteiger partial charge in [0, 0.05) is 29.7 Å². The fraction of sp³-hybridized carbons (Fsp3) is 0. The van der Waals surface area contributed by atoms with E-state index in [-0.39, 0.29) is 5.78 Å². The van der Waals surface area contributed by atoms with Crippen molar-refractivity contribution in [2.45, 2.75) is 0 Å².